The van der Waals surface area contributed by atoms with Gasteiger partial charge in [-0.2, -0.15) is 5.10 Å². The molecule has 4 fully saturated rings. The highest BCUT2D eigenvalue weighted by atomic mass is 16.5. The molecule has 2 aromatic carbocycles. The molecule has 268 valence electrons. The van der Waals surface area contributed by atoms with Gasteiger partial charge in [-0.3, -0.25) is 19.8 Å². The second-order valence-corrected chi connectivity index (χ2v) is 14.6. The number of rotatable bonds is 7. The molecule has 0 radical (unpaired) electrons. The van der Waals surface area contributed by atoms with Crippen molar-refractivity contribution in [2.75, 3.05) is 42.6 Å². The number of allylic oxidation sites excluding steroid dienone is 2. The van der Waals surface area contributed by atoms with E-state index in [1.54, 1.807) is 35.0 Å². The number of nitrogens with two attached hydrogens (primary N) is 3. The van der Waals surface area contributed by atoms with Gasteiger partial charge in [0, 0.05) is 49.0 Å². The number of carbonyl (C=O) groups is 2. The van der Waals surface area contributed by atoms with Crippen molar-refractivity contribution in [3.05, 3.63) is 83.4 Å². The zero-order valence-electron chi connectivity index (χ0n) is 28.8. The molecule has 2 amide bonds. The third kappa shape index (κ3) is 6.29. The Morgan fingerprint density at radius 3 is 2.41 bits per heavy atom. The van der Waals surface area contributed by atoms with Crippen molar-refractivity contribution in [3.8, 4) is 5.75 Å². The molecule has 8 N–H and O–H groups in total. The van der Waals surface area contributed by atoms with E-state index in [0.29, 0.717) is 55.0 Å². The van der Waals surface area contributed by atoms with Crippen molar-refractivity contribution in [2.24, 2.45) is 17.2 Å². The minimum atomic E-state index is -0.271. The SMILES string of the molecule is NC(N)=C(/C=C(\N)c1ccccc1O)n1cc(N2CC3COCC(C2)N3C2CCC(c3cccc4c3CCN4[C@H]3CCC(=O)NC3=O)CC2)cn1. The number of anilines is 2. The lowest BCUT2D eigenvalue weighted by atomic mass is 9.78. The average molecular weight is 694 g/mol. The number of nitrogens with zero attached hydrogens (tertiary/aromatic N) is 5. The number of morpholine rings is 1. The van der Waals surface area contributed by atoms with Gasteiger partial charge in [0.2, 0.25) is 11.8 Å². The molecule has 13 nitrogen and oxygen atoms in total. The Labute approximate surface area is 297 Å². The Bertz CT molecular complexity index is 1860. The van der Waals surface area contributed by atoms with Crippen molar-refractivity contribution < 1.29 is 19.4 Å². The van der Waals surface area contributed by atoms with Crippen LogP contribution in [0.1, 0.15) is 61.1 Å². The highest BCUT2D eigenvalue weighted by Gasteiger charge is 2.43. The molecule has 5 aliphatic rings. The maximum Gasteiger partial charge on any atom is 0.249 e. The summed E-state index contributed by atoms with van der Waals surface area (Å²) in [5, 5.41) is 17.4. The molecule has 13 heteroatoms. The first kappa shape index (κ1) is 33.2. The highest BCUT2D eigenvalue weighted by molar-refractivity contribution is 6.02. The second kappa shape index (κ2) is 13.6. The minimum Gasteiger partial charge on any atom is -0.507 e. The first-order chi connectivity index (χ1) is 24.7. The van der Waals surface area contributed by atoms with Crippen LogP contribution in [0, 0.1) is 0 Å². The van der Waals surface area contributed by atoms with Crippen molar-refractivity contribution in [2.45, 2.75) is 75.0 Å². The lowest BCUT2D eigenvalue weighted by Crippen LogP contribution is -2.67. The number of aromatic hydroxyl groups is 1. The number of nitrogens with one attached hydrogen (secondary N) is 1. The number of amides is 2. The summed E-state index contributed by atoms with van der Waals surface area (Å²) in [6.07, 6.45) is 11.9. The van der Waals surface area contributed by atoms with Crippen LogP contribution in [0.5, 0.6) is 5.75 Å². The van der Waals surface area contributed by atoms with E-state index in [1.807, 2.05) is 12.4 Å². The smallest absolute Gasteiger partial charge is 0.249 e. The van der Waals surface area contributed by atoms with Crippen LogP contribution in [-0.2, 0) is 20.7 Å². The fourth-order valence-corrected chi connectivity index (χ4v) is 9.18. The van der Waals surface area contributed by atoms with Gasteiger partial charge in [0.25, 0.3) is 0 Å². The molecule has 3 atom stereocenters. The second-order valence-electron chi connectivity index (χ2n) is 14.6. The van der Waals surface area contributed by atoms with E-state index in [2.05, 4.69) is 43.3 Å². The molecule has 8 rings (SSSR count). The summed E-state index contributed by atoms with van der Waals surface area (Å²) in [4.78, 5) is 31.8. The van der Waals surface area contributed by atoms with Crippen LogP contribution in [0.4, 0.5) is 11.4 Å². The monoisotopic (exact) mass is 693 g/mol. The average Bonchev–Trinajstić information content (AvgIpc) is 3.78. The van der Waals surface area contributed by atoms with Crippen LogP contribution in [-0.4, -0.2) is 88.6 Å². The van der Waals surface area contributed by atoms with Crippen molar-refractivity contribution in [1.29, 1.82) is 0 Å². The van der Waals surface area contributed by atoms with Gasteiger partial charge in [-0.25, -0.2) is 4.68 Å². The molecular formula is C38H47N9O4. The molecule has 3 aromatic rings. The van der Waals surface area contributed by atoms with E-state index >= 15 is 0 Å². The first-order valence-electron chi connectivity index (χ1n) is 18.1. The molecule has 0 spiro atoms. The van der Waals surface area contributed by atoms with E-state index in [4.69, 9.17) is 21.9 Å². The molecule has 2 bridgehead atoms. The number of hydrogen-bond donors (Lipinski definition) is 5. The summed E-state index contributed by atoms with van der Waals surface area (Å²) in [6.45, 7) is 3.88. The number of aromatic nitrogens is 2. The summed E-state index contributed by atoms with van der Waals surface area (Å²) in [6, 6.07) is 14.2. The van der Waals surface area contributed by atoms with Gasteiger partial charge < -0.3 is 36.8 Å². The van der Waals surface area contributed by atoms with Gasteiger partial charge in [0.15, 0.2) is 0 Å². The van der Waals surface area contributed by atoms with Crippen molar-refractivity contribution >= 4 is 34.6 Å². The topological polar surface area (TPSA) is 181 Å². The lowest BCUT2D eigenvalue weighted by molar-refractivity contribution is -0.134. The quantitative estimate of drug-likeness (QED) is 0.181. The van der Waals surface area contributed by atoms with Crippen LogP contribution in [0.25, 0.3) is 11.4 Å². The summed E-state index contributed by atoms with van der Waals surface area (Å²) in [7, 11) is 0. The maximum absolute atomic E-state index is 12.7. The van der Waals surface area contributed by atoms with E-state index in [-0.39, 0.29) is 41.5 Å². The van der Waals surface area contributed by atoms with E-state index in [1.165, 1.54) is 16.8 Å². The molecule has 3 saturated heterocycles. The zero-order chi connectivity index (χ0) is 35.2. The van der Waals surface area contributed by atoms with Crippen LogP contribution in [0.15, 0.2) is 66.8 Å². The molecular weight excluding hydrogens is 646 g/mol. The third-order valence-corrected chi connectivity index (χ3v) is 11.6. The summed E-state index contributed by atoms with van der Waals surface area (Å²) < 4.78 is 7.74. The summed E-state index contributed by atoms with van der Waals surface area (Å²) in [5.74, 6) is 0.311. The summed E-state index contributed by atoms with van der Waals surface area (Å²) in [5.41, 5.74) is 24.7. The van der Waals surface area contributed by atoms with Crippen molar-refractivity contribution in [3.63, 3.8) is 0 Å². The number of fused-ring (bicyclic) bond motifs is 3. The Morgan fingerprint density at radius 1 is 0.922 bits per heavy atom. The number of imide groups is 1. The van der Waals surface area contributed by atoms with Gasteiger partial charge in [-0.1, -0.05) is 24.3 Å². The van der Waals surface area contributed by atoms with Crippen molar-refractivity contribution in [1.82, 2.24) is 20.0 Å². The van der Waals surface area contributed by atoms with Gasteiger partial charge in [0.1, 0.15) is 23.3 Å². The molecule has 2 unspecified atom stereocenters. The number of piperazine rings is 1. The van der Waals surface area contributed by atoms with E-state index in [9.17, 15) is 14.7 Å². The predicted molar refractivity (Wildman–Crippen MR) is 195 cm³/mol. The molecule has 51 heavy (non-hydrogen) atoms. The number of phenols is 1. The van der Waals surface area contributed by atoms with E-state index in [0.717, 1.165) is 57.4 Å². The summed E-state index contributed by atoms with van der Waals surface area (Å²) >= 11 is 0. The predicted octanol–water partition coefficient (Wildman–Crippen LogP) is 2.42. The fourth-order valence-electron chi connectivity index (χ4n) is 9.18. The number of ether oxygens (including phenoxy) is 1. The molecule has 1 saturated carbocycles. The number of phenolic OH excluding ortho intramolecular Hbond substituents is 1. The Hall–Kier alpha value is -5.01. The van der Waals surface area contributed by atoms with Gasteiger partial charge in [-0.05, 0) is 79.8 Å². The van der Waals surface area contributed by atoms with Crippen LogP contribution in [0.3, 0.4) is 0 Å². The Balaban J connectivity index is 0.928. The number of benzene rings is 2. The van der Waals surface area contributed by atoms with Gasteiger partial charge in [-0.15, -0.1) is 0 Å². The lowest BCUT2D eigenvalue weighted by Gasteiger charge is -2.54. The third-order valence-electron chi connectivity index (χ3n) is 11.6. The number of piperidine rings is 1. The van der Waals surface area contributed by atoms with Gasteiger partial charge >= 0.3 is 0 Å². The number of carbonyl (C=O) groups excluding carboxylic acids is 2. The standard InChI is InChI=1S/C38H47N9O4/c39-31(30-4-1-2-7-35(30)48)16-34(37(40)41)46-20-25(17-42-46)44-18-26-21-51-22-27(19-44)47(26)24-10-8-23(9-11-24)28-5-3-6-32-29(28)14-15-45(32)33-12-13-36(49)43-38(33)50/h1-7,16-17,20,23-24,26-27,33,48H,8-15,18-19,21-22,39-41H2,(H,43,49,50)/b31-16-/t23?,24?,26?,27?,33-/m0/s1. The Morgan fingerprint density at radius 2 is 1.69 bits per heavy atom. The highest BCUT2D eigenvalue weighted by Crippen LogP contribution is 2.43. The normalized spacial score (nSPS) is 26.9. The number of para-hydroxylation sites is 1. The van der Waals surface area contributed by atoms with Crippen LogP contribution < -0.4 is 32.3 Å². The molecule has 4 aliphatic heterocycles. The maximum atomic E-state index is 12.7. The fraction of sp³-hybridized carbons (Fsp3) is 0.447. The Kier molecular flexibility index (Phi) is 8.84. The molecule has 1 aromatic heterocycles. The number of hydrogen-bond acceptors (Lipinski definition) is 11. The zero-order valence-corrected chi connectivity index (χ0v) is 28.8. The minimum absolute atomic E-state index is 0.0702. The van der Waals surface area contributed by atoms with Crippen LogP contribution >= 0.6 is 0 Å². The van der Waals surface area contributed by atoms with Crippen LogP contribution in [0.2, 0.25) is 0 Å². The molecule has 1 aliphatic carbocycles. The van der Waals surface area contributed by atoms with Gasteiger partial charge in [0.05, 0.1) is 43.4 Å². The first-order valence-corrected chi connectivity index (χ1v) is 18.1. The molecule has 5 heterocycles. The largest absolute Gasteiger partial charge is 0.507 e. The van der Waals surface area contributed by atoms with E-state index < -0.39 is 0 Å².